The molecule has 2 atom stereocenters. The maximum atomic E-state index is 14.1. The van der Waals surface area contributed by atoms with E-state index in [-0.39, 0.29) is 31.4 Å². The SMILES string of the molecule is C=CCN1C(=O)N[C@@H](c2ccc(C)cc2)C2=C1CN([C@H](Cc1ccccc1)C(=O)Nc1ccc(F)cc1)C2=O. The van der Waals surface area contributed by atoms with Crippen LogP contribution in [-0.4, -0.2) is 46.8 Å². The number of urea groups is 1. The van der Waals surface area contributed by atoms with E-state index in [2.05, 4.69) is 17.2 Å². The number of aryl methyl sites for hydroxylation is 1. The lowest BCUT2D eigenvalue weighted by Gasteiger charge is -2.33. The van der Waals surface area contributed by atoms with Gasteiger partial charge in [-0.2, -0.15) is 0 Å². The van der Waals surface area contributed by atoms with Crippen molar-refractivity contribution in [1.29, 1.82) is 0 Å². The number of amides is 4. The van der Waals surface area contributed by atoms with Crippen molar-refractivity contribution in [3.8, 4) is 0 Å². The minimum atomic E-state index is -0.880. The van der Waals surface area contributed by atoms with E-state index in [1.165, 1.54) is 34.1 Å². The van der Waals surface area contributed by atoms with E-state index >= 15 is 0 Å². The smallest absolute Gasteiger partial charge is 0.322 e. The second-order valence-electron chi connectivity index (χ2n) is 9.69. The highest BCUT2D eigenvalue weighted by Gasteiger charge is 2.46. The minimum Gasteiger partial charge on any atom is -0.326 e. The normalized spacial score (nSPS) is 17.5. The molecule has 3 aromatic carbocycles. The summed E-state index contributed by atoms with van der Waals surface area (Å²) in [5.41, 5.74) is 4.14. The van der Waals surface area contributed by atoms with Gasteiger partial charge in [-0.3, -0.25) is 14.5 Å². The summed E-state index contributed by atoms with van der Waals surface area (Å²) in [6, 6.07) is 20.7. The van der Waals surface area contributed by atoms with E-state index in [0.29, 0.717) is 17.0 Å². The zero-order valence-electron chi connectivity index (χ0n) is 21.6. The number of nitrogens with zero attached hydrogens (tertiary/aromatic N) is 2. The largest absolute Gasteiger partial charge is 0.326 e. The van der Waals surface area contributed by atoms with Gasteiger partial charge in [0, 0.05) is 18.7 Å². The molecule has 198 valence electrons. The first-order chi connectivity index (χ1) is 18.9. The van der Waals surface area contributed by atoms with Gasteiger partial charge in [-0.25, -0.2) is 9.18 Å². The number of anilines is 1. The molecule has 2 aliphatic rings. The summed E-state index contributed by atoms with van der Waals surface area (Å²) in [6.07, 6.45) is 1.87. The molecule has 0 spiro atoms. The van der Waals surface area contributed by atoms with Gasteiger partial charge in [0.25, 0.3) is 5.91 Å². The van der Waals surface area contributed by atoms with E-state index in [1.807, 2.05) is 61.5 Å². The van der Waals surface area contributed by atoms with Gasteiger partial charge in [-0.1, -0.05) is 66.2 Å². The van der Waals surface area contributed by atoms with E-state index in [1.54, 1.807) is 6.08 Å². The summed E-state index contributed by atoms with van der Waals surface area (Å²) in [5, 5.41) is 5.80. The summed E-state index contributed by atoms with van der Waals surface area (Å²) in [4.78, 5) is 44.0. The molecule has 0 radical (unpaired) electrons. The third kappa shape index (κ3) is 5.31. The van der Waals surface area contributed by atoms with E-state index < -0.39 is 23.8 Å². The van der Waals surface area contributed by atoms with Crippen LogP contribution in [0.1, 0.15) is 22.7 Å². The molecule has 5 rings (SSSR count). The lowest BCUT2D eigenvalue weighted by atomic mass is 9.94. The molecule has 0 unspecified atom stereocenters. The number of benzene rings is 3. The van der Waals surface area contributed by atoms with E-state index in [0.717, 1.165) is 16.7 Å². The van der Waals surface area contributed by atoms with Gasteiger partial charge in [-0.05, 0) is 42.3 Å². The molecule has 3 aromatic rings. The zero-order chi connectivity index (χ0) is 27.5. The molecule has 2 aliphatic heterocycles. The Morgan fingerprint density at radius 2 is 1.77 bits per heavy atom. The quantitative estimate of drug-likeness (QED) is 0.418. The van der Waals surface area contributed by atoms with Crippen molar-refractivity contribution in [1.82, 2.24) is 15.1 Å². The number of carbonyl (C=O) groups is 3. The number of carbonyl (C=O) groups excluding carboxylic acids is 3. The van der Waals surface area contributed by atoms with Crippen molar-refractivity contribution in [3.63, 3.8) is 0 Å². The van der Waals surface area contributed by atoms with Crippen LogP contribution < -0.4 is 10.6 Å². The van der Waals surface area contributed by atoms with Crippen LogP contribution in [-0.2, 0) is 16.0 Å². The Labute approximate surface area is 226 Å². The highest BCUT2D eigenvalue weighted by Crippen LogP contribution is 2.37. The molecule has 0 saturated heterocycles. The Morgan fingerprint density at radius 1 is 1.08 bits per heavy atom. The lowest BCUT2D eigenvalue weighted by molar-refractivity contribution is -0.134. The molecule has 2 N–H and O–H groups in total. The highest BCUT2D eigenvalue weighted by atomic mass is 19.1. The average Bonchev–Trinajstić information content (AvgIpc) is 3.27. The van der Waals surface area contributed by atoms with Gasteiger partial charge < -0.3 is 15.5 Å². The van der Waals surface area contributed by atoms with Crippen LogP contribution in [0.3, 0.4) is 0 Å². The van der Waals surface area contributed by atoms with Crippen molar-refractivity contribution in [2.45, 2.75) is 25.4 Å². The molecule has 39 heavy (non-hydrogen) atoms. The molecule has 0 bridgehead atoms. The first-order valence-corrected chi connectivity index (χ1v) is 12.8. The zero-order valence-corrected chi connectivity index (χ0v) is 21.6. The summed E-state index contributed by atoms with van der Waals surface area (Å²) in [6.45, 7) is 6.04. The second kappa shape index (κ2) is 10.9. The fraction of sp³-hybridized carbons (Fsp3) is 0.194. The maximum absolute atomic E-state index is 14.1. The Kier molecular flexibility index (Phi) is 7.27. The van der Waals surface area contributed by atoms with E-state index in [9.17, 15) is 18.8 Å². The molecule has 4 amide bonds. The topological polar surface area (TPSA) is 81.8 Å². The Morgan fingerprint density at radius 3 is 2.44 bits per heavy atom. The number of nitrogens with one attached hydrogen (secondary N) is 2. The standard InChI is InChI=1S/C31H29FN4O3/c1-3-17-35-26-19-36(30(38)27(26)28(34-31(35)39)22-11-9-20(2)10-12-22)25(18-21-7-5-4-6-8-21)29(37)33-24-15-13-23(32)14-16-24/h3-16,25,28H,1,17-19H2,2H3,(H,33,37)(H,34,39)/t25-,28+/m1/s1. The van der Waals surface area contributed by atoms with Crippen LogP contribution in [0.2, 0.25) is 0 Å². The first kappa shape index (κ1) is 25.9. The maximum Gasteiger partial charge on any atom is 0.322 e. The van der Waals surface area contributed by atoms with Gasteiger partial charge in [0.2, 0.25) is 5.91 Å². The first-order valence-electron chi connectivity index (χ1n) is 12.8. The van der Waals surface area contributed by atoms with Gasteiger partial charge in [0.1, 0.15) is 11.9 Å². The molecular formula is C31H29FN4O3. The average molecular weight is 525 g/mol. The van der Waals surface area contributed by atoms with Gasteiger partial charge >= 0.3 is 6.03 Å². The molecule has 0 saturated carbocycles. The van der Waals surface area contributed by atoms with Crippen LogP contribution in [0, 0.1) is 12.7 Å². The predicted octanol–water partition coefficient (Wildman–Crippen LogP) is 4.73. The van der Waals surface area contributed by atoms with Gasteiger partial charge in [0.15, 0.2) is 0 Å². The second-order valence-corrected chi connectivity index (χ2v) is 9.69. The van der Waals surface area contributed by atoms with Crippen molar-refractivity contribution in [2.75, 3.05) is 18.4 Å². The van der Waals surface area contributed by atoms with Gasteiger partial charge in [-0.15, -0.1) is 6.58 Å². The minimum absolute atomic E-state index is 0.0894. The summed E-state index contributed by atoms with van der Waals surface area (Å²) in [7, 11) is 0. The van der Waals surface area contributed by atoms with Crippen molar-refractivity contribution < 1.29 is 18.8 Å². The van der Waals surface area contributed by atoms with Crippen molar-refractivity contribution >= 4 is 23.5 Å². The summed E-state index contributed by atoms with van der Waals surface area (Å²) >= 11 is 0. The molecule has 0 aliphatic carbocycles. The fourth-order valence-corrected chi connectivity index (χ4v) is 5.04. The van der Waals surface area contributed by atoms with E-state index in [4.69, 9.17) is 0 Å². The van der Waals surface area contributed by atoms with Crippen LogP contribution in [0.4, 0.5) is 14.9 Å². The predicted molar refractivity (Wildman–Crippen MR) is 147 cm³/mol. The number of halogens is 1. The van der Waals surface area contributed by atoms with Crippen LogP contribution in [0.25, 0.3) is 0 Å². The molecule has 2 heterocycles. The van der Waals surface area contributed by atoms with Crippen LogP contribution >= 0.6 is 0 Å². The van der Waals surface area contributed by atoms with Crippen LogP contribution in [0.5, 0.6) is 0 Å². The highest BCUT2D eigenvalue weighted by molar-refractivity contribution is 6.05. The summed E-state index contributed by atoms with van der Waals surface area (Å²) in [5.74, 6) is -1.14. The molecule has 0 fully saturated rings. The Bertz CT molecular complexity index is 1430. The van der Waals surface area contributed by atoms with Gasteiger partial charge in [0.05, 0.1) is 23.9 Å². The van der Waals surface area contributed by atoms with Crippen molar-refractivity contribution in [2.24, 2.45) is 0 Å². The Balaban J connectivity index is 1.52. The number of rotatable bonds is 8. The fourth-order valence-electron chi connectivity index (χ4n) is 5.04. The third-order valence-corrected chi connectivity index (χ3v) is 7.03. The molecule has 7 nitrogen and oxygen atoms in total. The van der Waals surface area contributed by atoms with Crippen molar-refractivity contribution in [3.05, 3.63) is 125 Å². The van der Waals surface area contributed by atoms with Crippen LogP contribution in [0.15, 0.2) is 103 Å². The summed E-state index contributed by atoms with van der Waals surface area (Å²) < 4.78 is 13.5. The lowest BCUT2D eigenvalue weighted by Crippen LogP contribution is -2.47. The monoisotopic (exact) mass is 524 g/mol. The molecule has 8 heteroatoms. The number of hydrogen-bond donors (Lipinski definition) is 2. The molecular weight excluding hydrogens is 495 g/mol. The Hall–Kier alpha value is -4.72. The number of hydrogen-bond acceptors (Lipinski definition) is 3. The third-order valence-electron chi connectivity index (χ3n) is 7.03. The molecule has 0 aromatic heterocycles.